The van der Waals surface area contributed by atoms with Crippen molar-refractivity contribution in [2.24, 2.45) is 4.99 Å². The highest BCUT2D eigenvalue weighted by atomic mass is 127. The van der Waals surface area contributed by atoms with Gasteiger partial charge >= 0.3 is 0 Å². The lowest BCUT2D eigenvalue weighted by Crippen LogP contribution is -2.37. The van der Waals surface area contributed by atoms with Crippen molar-refractivity contribution < 1.29 is 8.42 Å². The van der Waals surface area contributed by atoms with E-state index in [1.807, 2.05) is 6.07 Å². The largest absolute Gasteiger partial charge is 0.352 e. The predicted octanol–water partition coefficient (Wildman–Crippen LogP) is 0.650. The average molecular weight is 410 g/mol. The van der Waals surface area contributed by atoms with E-state index in [9.17, 15) is 8.42 Å². The van der Waals surface area contributed by atoms with Crippen molar-refractivity contribution in [2.75, 3.05) is 13.6 Å². The highest BCUT2D eigenvalue weighted by Crippen LogP contribution is 2.11. The maximum atomic E-state index is 11.7. The Labute approximate surface area is 136 Å². The molecule has 1 atom stereocenters. The molecule has 1 aliphatic heterocycles. The van der Waals surface area contributed by atoms with Crippen LogP contribution in [-0.4, -0.2) is 34.0 Å². The normalized spacial score (nSPS) is 17.9. The summed E-state index contributed by atoms with van der Waals surface area (Å²) < 4.78 is 25.7. The Kier molecular flexibility index (Phi) is 6.21. The van der Waals surface area contributed by atoms with Gasteiger partial charge in [-0.2, -0.15) is 0 Å². The molecule has 0 aromatic heterocycles. The van der Waals surface area contributed by atoms with Gasteiger partial charge in [-0.15, -0.1) is 24.0 Å². The van der Waals surface area contributed by atoms with Crippen molar-refractivity contribution in [2.45, 2.75) is 24.4 Å². The van der Waals surface area contributed by atoms with Gasteiger partial charge in [-0.05, 0) is 31.7 Å². The fourth-order valence-electron chi connectivity index (χ4n) is 1.79. The lowest BCUT2D eigenvalue weighted by molar-refractivity contribution is 0.588. The second kappa shape index (κ2) is 7.23. The second-order valence-corrected chi connectivity index (χ2v) is 6.33. The molecule has 1 aromatic carbocycles. The quantitative estimate of drug-likeness (QED) is 0.637. The molecule has 112 valence electrons. The highest BCUT2D eigenvalue weighted by Gasteiger charge is 2.13. The lowest BCUT2D eigenvalue weighted by atomic mass is 10.2. The number of aliphatic imine (C=N–C) groups is 1. The summed E-state index contributed by atoms with van der Waals surface area (Å²) in [7, 11) is -1.99. The minimum absolute atomic E-state index is 0. The summed E-state index contributed by atoms with van der Waals surface area (Å²) in [6.07, 6.45) is 0. The third-order valence-corrected chi connectivity index (χ3v) is 4.26. The van der Waals surface area contributed by atoms with E-state index < -0.39 is 10.0 Å². The molecule has 0 aliphatic carbocycles. The fraction of sp³-hybridized carbons (Fsp3) is 0.417. The van der Waals surface area contributed by atoms with Crippen LogP contribution >= 0.6 is 24.0 Å². The Balaban J connectivity index is 0.00000200. The number of hydrogen-bond donors (Lipinski definition) is 3. The van der Waals surface area contributed by atoms with Gasteiger partial charge < -0.3 is 10.6 Å². The summed E-state index contributed by atoms with van der Waals surface area (Å²) in [4.78, 5) is 4.55. The molecule has 0 amide bonds. The average Bonchev–Trinajstić information content (AvgIpc) is 2.82. The Bertz CT molecular complexity index is 589. The van der Waals surface area contributed by atoms with Gasteiger partial charge in [0.05, 0.1) is 11.4 Å². The Morgan fingerprint density at radius 2 is 2.20 bits per heavy atom. The zero-order valence-corrected chi connectivity index (χ0v) is 14.5. The van der Waals surface area contributed by atoms with Crippen LogP contribution in [-0.2, 0) is 16.6 Å². The molecule has 1 heterocycles. The molecule has 0 saturated carbocycles. The molecule has 3 N–H and O–H groups in total. The molecular formula is C12H19IN4O2S. The van der Waals surface area contributed by atoms with Crippen LogP contribution in [0.3, 0.4) is 0 Å². The summed E-state index contributed by atoms with van der Waals surface area (Å²) in [5.41, 5.74) is 0.889. The van der Waals surface area contributed by atoms with Gasteiger partial charge in [-0.1, -0.05) is 12.1 Å². The Morgan fingerprint density at radius 3 is 2.80 bits per heavy atom. The van der Waals surface area contributed by atoms with Crippen molar-refractivity contribution in [3.8, 4) is 0 Å². The van der Waals surface area contributed by atoms with Gasteiger partial charge in [0.25, 0.3) is 0 Å². The molecule has 0 saturated heterocycles. The van der Waals surface area contributed by atoms with Crippen molar-refractivity contribution in [1.82, 2.24) is 15.4 Å². The maximum absolute atomic E-state index is 11.7. The zero-order chi connectivity index (χ0) is 13.9. The van der Waals surface area contributed by atoms with Crippen LogP contribution in [0.25, 0.3) is 0 Å². The van der Waals surface area contributed by atoms with Crippen LogP contribution in [0.15, 0.2) is 34.2 Å². The van der Waals surface area contributed by atoms with Gasteiger partial charge in [0.15, 0.2) is 5.96 Å². The number of sulfonamides is 1. The zero-order valence-electron chi connectivity index (χ0n) is 11.4. The Morgan fingerprint density at radius 1 is 1.45 bits per heavy atom. The minimum Gasteiger partial charge on any atom is -0.352 e. The highest BCUT2D eigenvalue weighted by molar-refractivity contribution is 14.0. The Hall–Kier alpha value is -0.870. The number of guanidine groups is 1. The number of hydrogen-bond acceptors (Lipinski definition) is 5. The van der Waals surface area contributed by atoms with E-state index >= 15 is 0 Å². The predicted molar refractivity (Wildman–Crippen MR) is 89.8 cm³/mol. The molecule has 1 aromatic rings. The van der Waals surface area contributed by atoms with Gasteiger partial charge in [0, 0.05) is 12.6 Å². The first-order valence-electron chi connectivity index (χ1n) is 6.08. The van der Waals surface area contributed by atoms with Crippen LogP contribution in [0.1, 0.15) is 12.5 Å². The topological polar surface area (TPSA) is 82.6 Å². The standard InChI is InChI=1S/C12H18N4O2S.HI/c1-9-7-14-12(16-9)15-8-10-4-3-5-11(6-10)19(17,18)13-2;/h3-6,9,13H,7-8H2,1-2H3,(H2,14,15,16);1H. The van der Waals surface area contributed by atoms with Gasteiger partial charge in [-0.25, -0.2) is 13.1 Å². The lowest BCUT2D eigenvalue weighted by Gasteiger charge is -2.10. The number of benzene rings is 1. The third-order valence-electron chi connectivity index (χ3n) is 2.84. The summed E-state index contributed by atoms with van der Waals surface area (Å²) in [6, 6.07) is 7.17. The van der Waals surface area contributed by atoms with E-state index in [-0.39, 0.29) is 28.9 Å². The first-order valence-corrected chi connectivity index (χ1v) is 7.57. The molecule has 0 fully saturated rings. The van der Waals surface area contributed by atoms with Gasteiger partial charge in [0.2, 0.25) is 10.0 Å². The summed E-state index contributed by atoms with van der Waals surface area (Å²) in [5, 5.41) is 6.34. The summed E-state index contributed by atoms with van der Waals surface area (Å²) in [6.45, 7) is 3.35. The molecule has 2 rings (SSSR count). The van der Waals surface area contributed by atoms with E-state index in [1.54, 1.807) is 18.2 Å². The first kappa shape index (κ1) is 17.2. The number of nitrogens with one attached hydrogen (secondary N) is 3. The molecule has 1 aliphatic rings. The minimum atomic E-state index is -3.39. The van der Waals surface area contributed by atoms with Crippen molar-refractivity contribution in [3.63, 3.8) is 0 Å². The maximum Gasteiger partial charge on any atom is 0.240 e. The van der Waals surface area contributed by atoms with Crippen LogP contribution < -0.4 is 15.4 Å². The monoisotopic (exact) mass is 410 g/mol. The molecule has 6 nitrogen and oxygen atoms in total. The van der Waals surface area contributed by atoms with E-state index in [4.69, 9.17) is 0 Å². The van der Waals surface area contributed by atoms with Gasteiger partial charge in [0.1, 0.15) is 0 Å². The summed E-state index contributed by atoms with van der Waals surface area (Å²) in [5.74, 6) is 0.759. The van der Waals surface area contributed by atoms with E-state index in [0.717, 1.165) is 18.1 Å². The molecule has 0 radical (unpaired) electrons. The van der Waals surface area contributed by atoms with Crippen LogP contribution in [0.2, 0.25) is 0 Å². The molecule has 8 heteroatoms. The molecule has 0 spiro atoms. The number of halogens is 1. The molecule has 1 unspecified atom stereocenters. The van der Waals surface area contributed by atoms with Crippen LogP contribution in [0, 0.1) is 0 Å². The van der Waals surface area contributed by atoms with Crippen molar-refractivity contribution >= 4 is 40.0 Å². The van der Waals surface area contributed by atoms with E-state index in [2.05, 4.69) is 27.3 Å². The smallest absolute Gasteiger partial charge is 0.240 e. The van der Waals surface area contributed by atoms with Crippen molar-refractivity contribution in [1.29, 1.82) is 0 Å². The van der Waals surface area contributed by atoms with E-state index in [0.29, 0.717) is 12.6 Å². The SMILES string of the molecule is CNS(=O)(=O)c1cccc(CNC2=NCC(C)N2)c1.I. The van der Waals surface area contributed by atoms with Crippen LogP contribution in [0.5, 0.6) is 0 Å². The second-order valence-electron chi connectivity index (χ2n) is 4.44. The molecule has 0 bridgehead atoms. The number of rotatable bonds is 4. The first-order chi connectivity index (χ1) is 9.01. The van der Waals surface area contributed by atoms with Gasteiger partial charge in [-0.3, -0.25) is 4.99 Å². The fourth-order valence-corrected chi connectivity index (χ4v) is 2.59. The van der Waals surface area contributed by atoms with Crippen molar-refractivity contribution in [3.05, 3.63) is 29.8 Å². The number of nitrogens with zero attached hydrogens (tertiary/aromatic N) is 1. The third kappa shape index (κ3) is 4.32. The summed E-state index contributed by atoms with van der Waals surface area (Å²) >= 11 is 0. The van der Waals surface area contributed by atoms with E-state index in [1.165, 1.54) is 7.05 Å². The van der Waals surface area contributed by atoms with Crippen LogP contribution in [0.4, 0.5) is 0 Å². The molecule has 20 heavy (non-hydrogen) atoms. The molecular weight excluding hydrogens is 391 g/mol.